The highest BCUT2D eigenvalue weighted by molar-refractivity contribution is 5.95. The molecule has 0 heterocycles. The van der Waals surface area contributed by atoms with E-state index in [0.29, 0.717) is 5.56 Å². The lowest BCUT2D eigenvalue weighted by molar-refractivity contribution is 0.0790. The molecule has 100 valence electrons. The average molecular weight is 270 g/mol. The number of hydrogen-bond acceptors (Lipinski definition) is 4. The van der Waals surface area contributed by atoms with E-state index in [1.165, 1.54) is 12.1 Å². The van der Waals surface area contributed by atoms with Crippen LogP contribution in [0.4, 0.5) is 4.39 Å². The molecule has 0 aliphatic heterocycles. The lowest BCUT2D eigenvalue weighted by Crippen LogP contribution is -2.32. The molecule has 0 aromatic heterocycles. The Bertz CT molecular complexity index is 630. The van der Waals surface area contributed by atoms with E-state index in [-0.39, 0.29) is 25.2 Å². The van der Waals surface area contributed by atoms with Gasteiger partial charge >= 0.3 is 0 Å². The molecule has 1 amide bonds. The van der Waals surface area contributed by atoms with Crippen molar-refractivity contribution >= 4 is 5.91 Å². The number of halogens is 1. The lowest BCUT2D eigenvalue weighted by Gasteiger charge is -2.16. The van der Waals surface area contributed by atoms with Crippen molar-refractivity contribution in [3.63, 3.8) is 0 Å². The minimum Gasteiger partial charge on any atom is -0.320 e. The summed E-state index contributed by atoms with van der Waals surface area (Å²) < 4.78 is 13.7. The summed E-state index contributed by atoms with van der Waals surface area (Å²) in [5, 5.41) is 17.2. The Kier molecular flexibility index (Phi) is 5.72. The first-order valence-corrected chi connectivity index (χ1v) is 5.65. The second-order valence-electron chi connectivity index (χ2n) is 3.68. The van der Waals surface area contributed by atoms with Gasteiger partial charge in [0.1, 0.15) is 18.9 Å². The third-order valence-electron chi connectivity index (χ3n) is 2.34. The molecule has 6 heteroatoms. The van der Waals surface area contributed by atoms with Gasteiger partial charge in [-0.2, -0.15) is 10.5 Å². The Labute approximate surface area is 116 Å². The van der Waals surface area contributed by atoms with Crippen LogP contribution >= 0.6 is 0 Å². The molecule has 1 aromatic rings. The number of nitrogens with two attached hydrogens (primary N) is 1. The summed E-state index contributed by atoms with van der Waals surface area (Å²) in [6, 6.07) is 7.34. The summed E-state index contributed by atoms with van der Waals surface area (Å²) in [4.78, 5) is 13.0. The molecule has 0 unspecified atom stereocenters. The minimum absolute atomic E-state index is 0.148. The van der Waals surface area contributed by atoms with Crippen molar-refractivity contribution in [2.75, 3.05) is 19.6 Å². The van der Waals surface area contributed by atoms with Crippen molar-refractivity contribution in [2.24, 2.45) is 5.73 Å². The number of benzene rings is 1. The molecule has 0 atom stereocenters. The first kappa shape index (κ1) is 15.2. The maximum absolute atomic E-state index is 13.7. The molecule has 0 saturated heterocycles. The van der Waals surface area contributed by atoms with Crippen LogP contribution < -0.4 is 5.73 Å². The van der Waals surface area contributed by atoms with Crippen molar-refractivity contribution in [1.82, 2.24) is 4.90 Å². The summed E-state index contributed by atoms with van der Waals surface area (Å²) in [6.45, 7) is -0.426. The van der Waals surface area contributed by atoms with Gasteiger partial charge in [-0.3, -0.25) is 4.79 Å². The van der Waals surface area contributed by atoms with Crippen LogP contribution in [-0.2, 0) is 0 Å². The van der Waals surface area contributed by atoms with Gasteiger partial charge < -0.3 is 10.6 Å². The SMILES string of the molecule is N#CCN(CC#N)C(=O)c1cc(C#CCN)ccc1F. The highest BCUT2D eigenvalue weighted by Crippen LogP contribution is 2.13. The van der Waals surface area contributed by atoms with E-state index in [1.807, 2.05) is 0 Å². The smallest absolute Gasteiger partial charge is 0.258 e. The molecular formula is C14H11FN4O. The Hall–Kier alpha value is -2.88. The van der Waals surface area contributed by atoms with E-state index in [4.69, 9.17) is 16.3 Å². The summed E-state index contributed by atoms with van der Waals surface area (Å²) in [5.74, 6) is 3.83. The standard InChI is InChI=1S/C14H11FN4O/c15-13-4-3-11(2-1-5-16)10-12(13)14(20)19(8-6-17)9-7-18/h3-4,10H,5,8-9,16H2. The molecular weight excluding hydrogens is 259 g/mol. The largest absolute Gasteiger partial charge is 0.320 e. The third kappa shape index (κ3) is 3.81. The highest BCUT2D eigenvalue weighted by atomic mass is 19.1. The van der Waals surface area contributed by atoms with Crippen LogP contribution in [0.15, 0.2) is 18.2 Å². The zero-order valence-corrected chi connectivity index (χ0v) is 10.6. The third-order valence-corrected chi connectivity index (χ3v) is 2.34. The Morgan fingerprint density at radius 2 is 1.95 bits per heavy atom. The predicted molar refractivity (Wildman–Crippen MR) is 69.5 cm³/mol. The van der Waals surface area contributed by atoms with Gasteiger partial charge in [-0.15, -0.1) is 0 Å². The number of nitrogens with zero attached hydrogens (tertiary/aromatic N) is 3. The molecule has 1 rings (SSSR count). The molecule has 0 aliphatic rings. The van der Waals surface area contributed by atoms with Crippen LogP contribution in [-0.4, -0.2) is 30.4 Å². The number of amides is 1. The van der Waals surface area contributed by atoms with E-state index in [1.54, 1.807) is 12.1 Å². The first-order chi connectivity index (χ1) is 9.63. The van der Waals surface area contributed by atoms with Gasteiger partial charge in [0.25, 0.3) is 5.91 Å². The van der Waals surface area contributed by atoms with Gasteiger partial charge in [-0.05, 0) is 18.2 Å². The van der Waals surface area contributed by atoms with Crippen LogP contribution in [0.5, 0.6) is 0 Å². The van der Waals surface area contributed by atoms with Crippen molar-refractivity contribution in [1.29, 1.82) is 10.5 Å². The van der Waals surface area contributed by atoms with Crippen LogP contribution in [0.25, 0.3) is 0 Å². The topological polar surface area (TPSA) is 93.9 Å². The van der Waals surface area contributed by atoms with Gasteiger partial charge in [0, 0.05) is 5.56 Å². The first-order valence-electron chi connectivity index (χ1n) is 5.65. The molecule has 0 radical (unpaired) electrons. The van der Waals surface area contributed by atoms with Gasteiger partial charge in [-0.25, -0.2) is 4.39 Å². The molecule has 2 N–H and O–H groups in total. The monoisotopic (exact) mass is 270 g/mol. The number of rotatable bonds is 3. The van der Waals surface area contributed by atoms with E-state index < -0.39 is 11.7 Å². The lowest BCUT2D eigenvalue weighted by atomic mass is 10.1. The van der Waals surface area contributed by atoms with E-state index in [9.17, 15) is 9.18 Å². The number of hydrogen-bond donors (Lipinski definition) is 1. The fourth-order valence-electron chi connectivity index (χ4n) is 1.46. The Morgan fingerprint density at radius 3 is 2.50 bits per heavy atom. The summed E-state index contributed by atoms with van der Waals surface area (Å²) in [6.07, 6.45) is 0. The quantitative estimate of drug-likeness (QED) is 0.643. The maximum atomic E-state index is 13.7. The van der Waals surface area contributed by atoms with Crippen molar-refractivity contribution in [2.45, 2.75) is 0 Å². The average Bonchev–Trinajstić information content (AvgIpc) is 2.45. The molecule has 5 nitrogen and oxygen atoms in total. The van der Waals surface area contributed by atoms with Crippen LogP contribution in [0.1, 0.15) is 15.9 Å². The second-order valence-corrected chi connectivity index (χ2v) is 3.68. The number of carbonyl (C=O) groups excluding carboxylic acids is 1. The fraction of sp³-hybridized carbons (Fsp3) is 0.214. The molecule has 0 fully saturated rings. The maximum Gasteiger partial charge on any atom is 0.258 e. The van der Waals surface area contributed by atoms with Gasteiger partial charge in [0.15, 0.2) is 0 Å². The van der Waals surface area contributed by atoms with Crippen molar-refractivity contribution in [3.8, 4) is 24.0 Å². The molecule has 0 spiro atoms. The zero-order valence-electron chi connectivity index (χ0n) is 10.6. The van der Waals surface area contributed by atoms with Gasteiger partial charge in [0.05, 0.1) is 24.2 Å². The van der Waals surface area contributed by atoms with Crippen molar-refractivity contribution < 1.29 is 9.18 Å². The predicted octanol–water partition coefficient (Wildman–Crippen LogP) is 0.625. The van der Waals surface area contributed by atoms with Crippen LogP contribution in [0, 0.1) is 40.3 Å². The molecule has 1 aromatic carbocycles. The molecule has 0 bridgehead atoms. The van der Waals surface area contributed by atoms with Crippen molar-refractivity contribution in [3.05, 3.63) is 35.1 Å². The molecule has 0 aliphatic carbocycles. The van der Waals surface area contributed by atoms with Gasteiger partial charge in [0.2, 0.25) is 0 Å². The zero-order chi connectivity index (χ0) is 15.0. The van der Waals surface area contributed by atoms with Crippen LogP contribution in [0.2, 0.25) is 0 Å². The van der Waals surface area contributed by atoms with E-state index >= 15 is 0 Å². The Morgan fingerprint density at radius 1 is 1.30 bits per heavy atom. The van der Waals surface area contributed by atoms with E-state index in [2.05, 4.69) is 11.8 Å². The Balaban J connectivity index is 3.14. The molecule has 0 saturated carbocycles. The van der Waals surface area contributed by atoms with E-state index in [0.717, 1.165) is 11.0 Å². The summed E-state index contributed by atoms with van der Waals surface area (Å²) in [7, 11) is 0. The summed E-state index contributed by atoms with van der Waals surface area (Å²) in [5.41, 5.74) is 5.45. The van der Waals surface area contributed by atoms with Crippen LogP contribution in [0.3, 0.4) is 0 Å². The minimum atomic E-state index is -0.728. The number of nitriles is 2. The molecule has 20 heavy (non-hydrogen) atoms. The second kappa shape index (κ2) is 7.53. The van der Waals surface area contributed by atoms with Gasteiger partial charge in [-0.1, -0.05) is 11.8 Å². The summed E-state index contributed by atoms with van der Waals surface area (Å²) >= 11 is 0. The highest BCUT2D eigenvalue weighted by Gasteiger charge is 2.19. The normalized spacial score (nSPS) is 8.80. The fourth-order valence-corrected chi connectivity index (χ4v) is 1.46. The number of carbonyl (C=O) groups is 1.